The van der Waals surface area contributed by atoms with Crippen LogP contribution >= 0.6 is 0 Å². The minimum absolute atomic E-state index is 0.00108. The highest BCUT2D eigenvalue weighted by Gasteiger charge is 2.31. The predicted molar refractivity (Wildman–Crippen MR) is 134 cm³/mol. The molecule has 0 aliphatic carbocycles. The minimum Gasteiger partial charge on any atom is -0.494 e. The molecule has 3 aromatic rings. The molecule has 0 aromatic heterocycles. The summed E-state index contributed by atoms with van der Waals surface area (Å²) in [6.45, 7) is 0.289. The largest absolute Gasteiger partial charge is 0.494 e. The average molecular weight is 529 g/mol. The van der Waals surface area contributed by atoms with Crippen molar-refractivity contribution >= 4 is 17.5 Å². The lowest BCUT2D eigenvalue weighted by atomic mass is 9.89. The Morgan fingerprint density at radius 2 is 1.50 bits per heavy atom. The summed E-state index contributed by atoms with van der Waals surface area (Å²) in [6, 6.07) is 14.2. The summed E-state index contributed by atoms with van der Waals surface area (Å²) < 4.78 is 58.2. The van der Waals surface area contributed by atoms with Crippen molar-refractivity contribution in [2.75, 3.05) is 39.2 Å². The second kappa shape index (κ2) is 11.9. The quantitative estimate of drug-likeness (QED) is 0.437. The Hall–Kier alpha value is -4.21. The van der Waals surface area contributed by atoms with Crippen molar-refractivity contribution in [1.82, 2.24) is 4.90 Å². The first-order chi connectivity index (χ1) is 18.3. The number of ether oxygens (including phenoxy) is 3. The van der Waals surface area contributed by atoms with Gasteiger partial charge in [0.15, 0.2) is 41.3 Å². The van der Waals surface area contributed by atoms with Crippen LogP contribution in [-0.4, -0.2) is 50.6 Å². The molecular weight excluding hydrogens is 501 g/mol. The molecule has 1 heterocycles. The van der Waals surface area contributed by atoms with Crippen molar-refractivity contribution in [3.8, 4) is 17.2 Å². The van der Waals surface area contributed by atoms with Gasteiger partial charge in [0.2, 0.25) is 0 Å². The molecule has 0 unspecified atom stereocenters. The Morgan fingerprint density at radius 1 is 0.895 bits per heavy atom. The van der Waals surface area contributed by atoms with E-state index in [2.05, 4.69) is 5.32 Å². The Bertz CT molecular complexity index is 1280. The summed E-state index contributed by atoms with van der Waals surface area (Å²) in [5.41, 5.74) is 0.873. The number of piperidine rings is 1. The molecule has 0 radical (unpaired) electrons. The summed E-state index contributed by atoms with van der Waals surface area (Å²) in [4.78, 5) is 26.6. The summed E-state index contributed by atoms with van der Waals surface area (Å²) in [7, 11) is 2.46. The number of benzene rings is 3. The van der Waals surface area contributed by atoms with Gasteiger partial charge >= 0.3 is 0 Å². The molecule has 1 N–H and O–H groups in total. The van der Waals surface area contributed by atoms with Gasteiger partial charge in [0.1, 0.15) is 5.56 Å². The van der Waals surface area contributed by atoms with Gasteiger partial charge in [-0.3, -0.25) is 9.59 Å². The van der Waals surface area contributed by atoms with Crippen molar-refractivity contribution in [1.29, 1.82) is 0 Å². The van der Waals surface area contributed by atoms with Crippen molar-refractivity contribution in [2.45, 2.75) is 18.8 Å². The maximum atomic E-state index is 14.8. The number of nitrogens with zero attached hydrogens (tertiary/aromatic N) is 1. The minimum atomic E-state index is -1.06. The normalized spacial score (nSPS) is 13.7. The number of rotatable bonds is 8. The topological polar surface area (TPSA) is 77.1 Å². The summed E-state index contributed by atoms with van der Waals surface area (Å²) in [5, 5.41) is 2.70. The monoisotopic (exact) mass is 528 g/mol. The van der Waals surface area contributed by atoms with E-state index in [-0.39, 0.29) is 29.8 Å². The van der Waals surface area contributed by atoms with E-state index < -0.39 is 34.8 Å². The fraction of sp³-hybridized carbons (Fsp3) is 0.286. The number of hydrogen-bond donors (Lipinski definition) is 1. The molecule has 0 atom stereocenters. The summed E-state index contributed by atoms with van der Waals surface area (Å²) in [6.07, 6.45) is 1.19. The number of amides is 2. The summed E-state index contributed by atoms with van der Waals surface area (Å²) >= 11 is 0. The Labute approximate surface area is 218 Å². The van der Waals surface area contributed by atoms with E-state index >= 15 is 0 Å². The van der Waals surface area contributed by atoms with E-state index in [9.17, 15) is 22.8 Å². The molecule has 38 heavy (non-hydrogen) atoms. The molecular formula is C28H27F3N2O5. The van der Waals surface area contributed by atoms with Crippen LogP contribution in [0, 0.1) is 17.5 Å². The van der Waals surface area contributed by atoms with Crippen LogP contribution < -0.4 is 19.5 Å². The van der Waals surface area contributed by atoms with Gasteiger partial charge in [-0.05, 0) is 48.6 Å². The lowest BCUT2D eigenvalue weighted by Crippen LogP contribution is -2.38. The third-order valence-corrected chi connectivity index (χ3v) is 6.43. The standard InChI is InChI=1S/C28H27F3N2O5/c1-36-22-15-23(37-2)27(31)25(26(22)30)28(35)33-13-11-18(12-14-33)17-7-9-19(10-8-17)32-24(34)16-38-21-6-4-3-5-20(21)29/h3-10,15,18H,11-14,16H2,1-2H3,(H,32,34). The van der Waals surface area contributed by atoms with Crippen molar-refractivity contribution in [2.24, 2.45) is 0 Å². The lowest BCUT2D eigenvalue weighted by molar-refractivity contribution is -0.118. The van der Waals surface area contributed by atoms with Crippen LogP contribution in [0.4, 0.5) is 18.9 Å². The zero-order valence-corrected chi connectivity index (χ0v) is 20.9. The third-order valence-electron chi connectivity index (χ3n) is 6.43. The van der Waals surface area contributed by atoms with Crippen LogP contribution in [-0.2, 0) is 4.79 Å². The molecule has 200 valence electrons. The number of carbonyl (C=O) groups excluding carboxylic acids is 2. The average Bonchev–Trinajstić information content (AvgIpc) is 2.93. The molecule has 1 fully saturated rings. The maximum absolute atomic E-state index is 14.8. The third kappa shape index (κ3) is 5.85. The van der Waals surface area contributed by atoms with Crippen molar-refractivity contribution < 1.29 is 37.0 Å². The molecule has 0 spiro atoms. The van der Waals surface area contributed by atoms with E-state index in [1.165, 1.54) is 37.3 Å². The highest BCUT2D eigenvalue weighted by Crippen LogP contribution is 2.34. The smallest absolute Gasteiger partial charge is 0.262 e. The molecule has 1 aliphatic heterocycles. The first-order valence-corrected chi connectivity index (χ1v) is 12.0. The van der Waals surface area contributed by atoms with Crippen molar-refractivity contribution in [3.63, 3.8) is 0 Å². The highest BCUT2D eigenvalue weighted by atomic mass is 19.1. The number of anilines is 1. The first kappa shape index (κ1) is 26.8. The number of halogens is 3. The maximum Gasteiger partial charge on any atom is 0.262 e. The SMILES string of the molecule is COc1cc(OC)c(F)c(C(=O)N2CCC(c3ccc(NC(=O)COc4ccccc4F)cc3)CC2)c1F. The zero-order valence-electron chi connectivity index (χ0n) is 20.9. The van der Waals surface area contributed by atoms with Crippen LogP contribution in [0.15, 0.2) is 54.6 Å². The molecule has 4 rings (SSSR count). The molecule has 1 aliphatic rings. The van der Waals surface area contributed by atoms with E-state index in [1.54, 1.807) is 18.2 Å². The van der Waals surface area contributed by atoms with Gasteiger partial charge in [0.05, 0.1) is 14.2 Å². The predicted octanol–water partition coefficient (Wildman–Crippen LogP) is 5.16. The van der Waals surface area contributed by atoms with Gasteiger partial charge in [-0.25, -0.2) is 13.2 Å². The number of carbonyl (C=O) groups is 2. The molecule has 0 saturated carbocycles. The fourth-order valence-corrected chi connectivity index (χ4v) is 4.39. The van der Waals surface area contributed by atoms with Crippen LogP contribution in [0.3, 0.4) is 0 Å². The molecule has 1 saturated heterocycles. The molecule has 2 amide bonds. The number of methoxy groups -OCH3 is 2. The van der Waals surface area contributed by atoms with Crippen LogP contribution in [0.25, 0.3) is 0 Å². The molecule has 0 bridgehead atoms. The Kier molecular flexibility index (Phi) is 8.40. The summed E-state index contributed by atoms with van der Waals surface area (Å²) in [5.74, 6) is -4.27. The van der Waals surface area contributed by atoms with Crippen LogP contribution in [0.5, 0.6) is 17.2 Å². The number of para-hydroxylation sites is 1. The van der Waals surface area contributed by atoms with E-state index in [0.717, 1.165) is 11.6 Å². The highest BCUT2D eigenvalue weighted by molar-refractivity contribution is 5.96. The van der Waals surface area contributed by atoms with Gasteiger partial charge in [-0.2, -0.15) is 0 Å². The van der Waals surface area contributed by atoms with Gasteiger partial charge in [0, 0.05) is 24.8 Å². The van der Waals surface area contributed by atoms with Crippen LogP contribution in [0.2, 0.25) is 0 Å². The van der Waals surface area contributed by atoms with Crippen LogP contribution in [0.1, 0.15) is 34.7 Å². The van der Waals surface area contributed by atoms with E-state index in [4.69, 9.17) is 14.2 Å². The fourth-order valence-electron chi connectivity index (χ4n) is 4.39. The van der Waals surface area contributed by atoms with Gasteiger partial charge in [-0.1, -0.05) is 24.3 Å². The van der Waals surface area contributed by atoms with Gasteiger partial charge in [-0.15, -0.1) is 0 Å². The second-order valence-electron chi connectivity index (χ2n) is 8.74. The van der Waals surface area contributed by atoms with Gasteiger partial charge in [0.25, 0.3) is 11.8 Å². The number of nitrogens with one attached hydrogen (secondary N) is 1. The Balaban J connectivity index is 1.33. The van der Waals surface area contributed by atoms with E-state index in [1.807, 2.05) is 12.1 Å². The first-order valence-electron chi connectivity index (χ1n) is 12.0. The number of hydrogen-bond acceptors (Lipinski definition) is 5. The van der Waals surface area contributed by atoms with Gasteiger partial charge < -0.3 is 24.4 Å². The van der Waals surface area contributed by atoms with E-state index in [0.29, 0.717) is 31.6 Å². The second-order valence-corrected chi connectivity index (χ2v) is 8.74. The van der Waals surface area contributed by atoms with Crippen molar-refractivity contribution in [3.05, 3.63) is 83.2 Å². The molecule has 10 heteroatoms. The molecule has 3 aromatic carbocycles. The number of likely N-dealkylation sites (tertiary alicyclic amines) is 1. The molecule has 7 nitrogen and oxygen atoms in total. The zero-order chi connectivity index (χ0) is 27.2. The lowest BCUT2D eigenvalue weighted by Gasteiger charge is -2.32. The Morgan fingerprint density at radius 3 is 2.08 bits per heavy atom.